The molecule has 0 aromatic carbocycles. The molecule has 0 atom stereocenters. The number of aryl methyl sites for hydroxylation is 2. The normalized spacial score (nSPS) is 11.2. The van der Waals surface area contributed by atoms with Crippen LogP contribution in [0, 0.1) is 6.92 Å². The van der Waals surface area contributed by atoms with Gasteiger partial charge in [0.1, 0.15) is 5.69 Å². The third-order valence-electron chi connectivity index (χ3n) is 1.88. The first-order valence-corrected chi connectivity index (χ1v) is 4.71. The van der Waals surface area contributed by atoms with Crippen molar-refractivity contribution >= 4 is 12.6 Å². The number of nitrogens with zero attached hydrogens (tertiary/aromatic N) is 4. The van der Waals surface area contributed by atoms with E-state index in [0.29, 0.717) is 11.5 Å². The van der Waals surface area contributed by atoms with Crippen LogP contribution in [0.5, 0.6) is 0 Å². The highest BCUT2D eigenvalue weighted by Gasteiger charge is 2.09. The second-order valence-electron chi connectivity index (χ2n) is 2.95. The van der Waals surface area contributed by atoms with E-state index >= 15 is 0 Å². The summed E-state index contributed by atoms with van der Waals surface area (Å²) in [6.07, 6.45) is 3.90. The van der Waals surface area contributed by atoms with Crippen LogP contribution in [-0.4, -0.2) is 22.5 Å². The topological polar surface area (TPSA) is 50.5 Å². The Morgan fingerprint density at radius 2 is 2.33 bits per heavy atom. The molecule has 4 nitrogen and oxygen atoms in total. The van der Waals surface area contributed by atoms with Crippen molar-refractivity contribution in [3.8, 4) is 0 Å². The molecule has 78 valence electrons. The molecule has 4 heteroatoms. The first-order chi connectivity index (χ1) is 7.22. The Morgan fingerprint density at radius 1 is 1.60 bits per heavy atom. The van der Waals surface area contributed by atoms with Gasteiger partial charge in [0.2, 0.25) is 0 Å². The molecule has 0 spiro atoms. The minimum atomic E-state index is 0.467. The molecular formula is C11H14N4. The van der Waals surface area contributed by atoms with Crippen LogP contribution in [-0.2, 0) is 6.42 Å². The van der Waals surface area contributed by atoms with Crippen LogP contribution in [0.2, 0.25) is 0 Å². The fourth-order valence-electron chi connectivity index (χ4n) is 1.22. The van der Waals surface area contributed by atoms with Gasteiger partial charge in [-0.05, 0) is 20.1 Å². The van der Waals surface area contributed by atoms with Crippen molar-refractivity contribution in [3.05, 3.63) is 36.1 Å². The summed E-state index contributed by atoms with van der Waals surface area (Å²) >= 11 is 0. The maximum absolute atomic E-state index is 4.38. The summed E-state index contributed by atoms with van der Waals surface area (Å²) in [4.78, 5) is 16.5. The first kappa shape index (κ1) is 11.2. The lowest BCUT2D eigenvalue weighted by Crippen LogP contribution is -2.07. The number of aromatic nitrogens is 2. The zero-order valence-corrected chi connectivity index (χ0v) is 9.06. The molecule has 15 heavy (non-hydrogen) atoms. The van der Waals surface area contributed by atoms with Gasteiger partial charge in [-0.15, -0.1) is 0 Å². The summed E-state index contributed by atoms with van der Waals surface area (Å²) in [5, 5.41) is 0. The molecule has 0 aliphatic carbocycles. The van der Waals surface area contributed by atoms with Gasteiger partial charge in [-0.25, -0.2) is 15.0 Å². The maximum Gasteiger partial charge on any atom is 0.179 e. The quantitative estimate of drug-likeness (QED) is 0.555. The van der Waals surface area contributed by atoms with Gasteiger partial charge >= 0.3 is 0 Å². The van der Waals surface area contributed by atoms with Gasteiger partial charge in [-0.1, -0.05) is 13.5 Å². The van der Waals surface area contributed by atoms with Gasteiger partial charge in [0.25, 0.3) is 0 Å². The summed E-state index contributed by atoms with van der Waals surface area (Å²) in [5.41, 5.74) is 2.44. The summed E-state index contributed by atoms with van der Waals surface area (Å²) in [6, 6.07) is 0. The average Bonchev–Trinajstić information content (AvgIpc) is 2.26. The van der Waals surface area contributed by atoms with Gasteiger partial charge < -0.3 is 0 Å². The van der Waals surface area contributed by atoms with Crippen LogP contribution in [0.1, 0.15) is 24.0 Å². The van der Waals surface area contributed by atoms with Crippen LogP contribution in [0.3, 0.4) is 0 Å². The van der Waals surface area contributed by atoms with Crippen LogP contribution >= 0.6 is 0 Å². The van der Waals surface area contributed by atoms with E-state index in [1.807, 2.05) is 13.8 Å². The highest BCUT2D eigenvalue weighted by Crippen LogP contribution is 2.07. The minimum absolute atomic E-state index is 0.467. The van der Waals surface area contributed by atoms with E-state index in [1.54, 1.807) is 6.20 Å². The molecule has 0 unspecified atom stereocenters. The fourth-order valence-corrected chi connectivity index (χ4v) is 1.22. The van der Waals surface area contributed by atoms with Crippen LogP contribution in [0.15, 0.2) is 29.0 Å². The lowest BCUT2D eigenvalue weighted by molar-refractivity contribution is 0.956. The van der Waals surface area contributed by atoms with Crippen LogP contribution in [0.25, 0.3) is 0 Å². The second kappa shape index (κ2) is 5.14. The van der Waals surface area contributed by atoms with Crippen molar-refractivity contribution in [3.63, 3.8) is 0 Å². The molecule has 0 aliphatic heterocycles. The molecule has 1 rings (SSSR count). The molecule has 0 bridgehead atoms. The minimum Gasteiger partial charge on any atom is -0.254 e. The van der Waals surface area contributed by atoms with Crippen LogP contribution in [0.4, 0.5) is 0 Å². The summed E-state index contributed by atoms with van der Waals surface area (Å²) in [6.45, 7) is 10.9. The highest BCUT2D eigenvalue weighted by molar-refractivity contribution is 6.00. The van der Waals surface area contributed by atoms with E-state index < -0.39 is 0 Å². The third kappa shape index (κ3) is 2.56. The zero-order chi connectivity index (χ0) is 11.3. The monoisotopic (exact) mass is 202 g/mol. The van der Waals surface area contributed by atoms with E-state index in [1.165, 1.54) is 6.20 Å². The number of rotatable bonds is 3. The van der Waals surface area contributed by atoms with Crippen molar-refractivity contribution in [2.45, 2.75) is 20.3 Å². The van der Waals surface area contributed by atoms with E-state index in [-0.39, 0.29) is 0 Å². The lowest BCUT2D eigenvalue weighted by Gasteiger charge is -2.05. The summed E-state index contributed by atoms with van der Waals surface area (Å²) in [7, 11) is 0. The van der Waals surface area contributed by atoms with Crippen molar-refractivity contribution in [1.29, 1.82) is 0 Å². The highest BCUT2D eigenvalue weighted by atomic mass is 14.9. The molecule has 0 fully saturated rings. The van der Waals surface area contributed by atoms with Crippen molar-refractivity contribution in [2.24, 2.45) is 9.98 Å². The smallest absolute Gasteiger partial charge is 0.179 e. The van der Waals surface area contributed by atoms with E-state index in [4.69, 9.17) is 0 Å². The Balaban J connectivity index is 3.28. The van der Waals surface area contributed by atoms with Gasteiger partial charge in [0.15, 0.2) is 5.84 Å². The number of aliphatic imine (C=N–C) groups is 2. The van der Waals surface area contributed by atoms with Gasteiger partial charge in [-0.3, -0.25) is 4.98 Å². The van der Waals surface area contributed by atoms with Crippen LogP contribution < -0.4 is 0 Å². The van der Waals surface area contributed by atoms with E-state index in [9.17, 15) is 0 Å². The molecule has 0 radical (unpaired) electrons. The lowest BCUT2D eigenvalue weighted by atomic mass is 10.2. The van der Waals surface area contributed by atoms with Crippen molar-refractivity contribution in [1.82, 2.24) is 9.97 Å². The summed E-state index contributed by atoms with van der Waals surface area (Å²) < 4.78 is 0. The Bertz CT molecular complexity index is 407. The Morgan fingerprint density at radius 3 is 2.87 bits per heavy atom. The molecule has 0 N–H and O–H groups in total. The fraction of sp³-hybridized carbons (Fsp3) is 0.273. The summed E-state index contributed by atoms with van der Waals surface area (Å²) in [5.74, 6) is 0.467. The third-order valence-corrected chi connectivity index (χ3v) is 1.88. The largest absolute Gasteiger partial charge is 0.254 e. The Kier molecular flexibility index (Phi) is 3.85. The standard InChI is InChI=1S/C11H14N4/c1-5-9-10(11(12-4)13-6-2)14-7-8(3)15-9/h6-7H,2,4-5H2,1,3H3. The SMILES string of the molecule is C=CN=C(N=C)c1ncc(C)nc1CC. The predicted molar refractivity (Wildman–Crippen MR) is 62.4 cm³/mol. The predicted octanol–water partition coefficient (Wildman–Crippen LogP) is 1.94. The molecule has 1 heterocycles. The van der Waals surface area contributed by atoms with Gasteiger partial charge in [0, 0.05) is 12.4 Å². The number of amidine groups is 1. The number of hydrogen-bond donors (Lipinski definition) is 0. The molecule has 1 aromatic rings. The second-order valence-corrected chi connectivity index (χ2v) is 2.95. The molecule has 0 amide bonds. The van der Waals surface area contributed by atoms with E-state index in [2.05, 4.69) is 33.2 Å². The average molecular weight is 202 g/mol. The molecular weight excluding hydrogens is 188 g/mol. The van der Waals surface area contributed by atoms with E-state index in [0.717, 1.165) is 17.8 Å². The molecule has 1 aromatic heterocycles. The van der Waals surface area contributed by atoms with Crippen molar-refractivity contribution in [2.75, 3.05) is 0 Å². The Labute approximate surface area is 89.5 Å². The molecule has 0 saturated heterocycles. The Hall–Kier alpha value is -1.84. The first-order valence-electron chi connectivity index (χ1n) is 4.71. The van der Waals surface area contributed by atoms with Gasteiger partial charge in [0.05, 0.1) is 11.4 Å². The maximum atomic E-state index is 4.38. The number of hydrogen-bond acceptors (Lipinski definition) is 3. The molecule has 0 aliphatic rings. The molecule has 0 saturated carbocycles. The zero-order valence-electron chi connectivity index (χ0n) is 9.06. The van der Waals surface area contributed by atoms with Gasteiger partial charge in [-0.2, -0.15) is 0 Å². The van der Waals surface area contributed by atoms with Crippen molar-refractivity contribution < 1.29 is 0 Å².